The summed E-state index contributed by atoms with van der Waals surface area (Å²) in [5.41, 5.74) is 1.32. The fourth-order valence-corrected chi connectivity index (χ4v) is 2.60. The van der Waals surface area contributed by atoms with E-state index in [4.69, 9.17) is 25.5 Å². The lowest BCUT2D eigenvalue weighted by Crippen LogP contribution is -2.16. The highest BCUT2D eigenvalue weighted by Crippen LogP contribution is 2.40. The van der Waals surface area contributed by atoms with E-state index in [0.29, 0.717) is 41.7 Å². The first-order valence-corrected chi connectivity index (χ1v) is 6.92. The summed E-state index contributed by atoms with van der Waals surface area (Å²) in [5, 5.41) is 11.0. The molecule has 1 aliphatic rings. The van der Waals surface area contributed by atoms with Crippen molar-refractivity contribution in [2.24, 2.45) is 0 Å². The van der Waals surface area contributed by atoms with Gasteiger partial charge in [-0.25, -0.2) is 0 Å². The molecule has 0 amide bonds. The van der Waals surface area contributed by atoms with Gasteiger partial charge < -0.3 is 19.0 Å². The summed E-state index contributed by atoms with van der Waals surface area (Å²) < 4.78 is 16.3. The van der Waals surface area contributed by atoms with E-state index in [0.717, 1.165) is 11.3 Å². The maximum atomic E-state index is 10.5. The van der Waals surface area contributed by atoms with Crippen molar-refractivity contribution in [2.45, 2.75) is 19.4 Å². The summed E-state index contributed by atoms with van der Waals surface area (Å²) in [5.74, 6) is 1.97. The van der Waals surface area contributed by atoms with E-state index in [9.17, 15) is 5.11 Å². The van der Waals surface area contributed by atoms with Gasteiger partial charge in [0.25, 0.3) is 0 Å². The van der Waals surface area contributed by atoms with Crippen LogP contribution in [0.5, 0.6) is 11.5 Å². The van der Waals surface area contributed by atoms with Crippen molar-refractivity contribution < 1.29 is 19.0 Å². The van der Waals surface area contributed by atoms with Gasteiger partial charge in [-0.05, 0) is 12.1 Å². The molecule has 106 valence electrons. The van der Waals surface area contributed by atoms with Gasteiger partial charge in [-0.15, -0.1) is 0 Å². The Labute approximate surface area is 121 Å². The Hall–Kier alpha value is -1.65. The smallest absolute Gasteiger partial charge is 0.162 e. The van der Waals surface area contributed by atoms with Crippen molar-refractivity contribution in [1.29, 1.82) is 0 Å². The number of fused-ring (bicyclic) bond motifs is 1. The molecule has 1 aliphatic heterocycles. The summed E-state index contributed by atoms with van der Waals surface area (Å²) in [6.07, 6.45) is 1.44. The molecule has 0 saturated heterocycles. The average Bonchev–Trinajstić information content (AvgIpc) is 2.94. The van der Waals surface area contributed by atoms with Crippen LogP contribution < -0.4 is 9.47 Å². The summed E-state index contributed by atoms with van der Waals surface area (Å²) in [4.78, 5) is 0. The molecule has 1 aromatic carbocycles. The number of benzene rings is 1. The number of aliphatic hydroxyl groups is 1. The number of rotatable bonds is 3. The second-order valence-corrected chi connectivity index (χ2v) is 4.98. The average molecular weight is 295 g/mol. The van der Waals surface area contributed by atoms with Crippen molar-refractivity contribution in [3.05, 3.63) is 46.4 Å². The van der Waals surface area contributed by atoms with Crippen molar-refractivity contribution in [3.63, 3.8) is 0 Å². The number of hydrogen-bond donors (Lipinski definition) is 1. The molecular formula is C15H15ClO4. The lowest BCUT2D eigenvalue weighted by atomic mass is 10.0. The zero-order valence-electron chi connectivity index (χ0n) is 11.1. The Kier molecular flexibility index (Phi) is 3.59. The highest BCUT2D eigenvalue weighted by Gasteiger charge is 2.22. The number of aryl methyl sites for hydroxylation is 1. The predicted molar refractivity (Wildman–Crippen MR) is 74.6 cm³/mol. The fraction of sp³-hybridized carbons (Fsp3) is 0.333. The van der Waals surface area contributed by atoms with E-state index in [1.54, 1.807) is 24.5 Å². The molecule has 0 aliphatic carbocycles. The first kappa shape index (κ1) is 13.3. The van der Waals surface area contributed by atoms with Crippen molar-refractivity contribution in [1.82, 2.24) is 0 Å². The third-order valence-electron chi connectivity index (χ3n) is 3.35. The van der Waals surface area contributed by atoms with E-state index in [2.05, 4.69) is 0 Å². The molecule has 0 fully saturated rings. The van der Waals surface area contributed by atoms with Crippen molar-refractivity contribution in [2.75, 3.05) is 13.2 Å². The second kappa shape index (κ2) is 5.38. The quantitative estimate of drug-likeness (QED) is 0.943. The van der Waals surface area contributed by atoms with Crippen LogP contribution in [0.1, 0.15) is 29.9 Å². The standard InChI is InChI=1S/C15H15ClO4/c1-2-12-9(3-4-18-12)15(17)10-7-13-14(8-11(10)16)20-6-5-19-13/h3-4,7-8,15,17H,2,5-6H2,1H3. The first-order valence-electron chi connectivity index (χ1n) is 6.54. The molecule has 2 aromatic rings. The van der Waals surface area contributed by atoms with Gasteiger partial charge in [0, 0.05) is 23.6 Å². The maximum Gasteiger partial charge on any atom is 0.162 e. The van der Waals surface area contributed by atoms with Crippen LogP contribution in [0.25, 0.3) is 0 Å². The molecule has 3 rings (SSSR count). The Balaban J connectivity index is 2.01. The minimum atomic E-state index is -0.841. The lowest BCUT2D eigenvalue weighted by molar-refractivity contribution is 0.169. The van der Waals surface area contributed by atoms with E-state index in [-0.39, 0.29) is 0 Å². The highest BCUT2D eigenvalue weighted by molar-refractivity contribution is 6.31. The molecule has 1 atom stereocenters. The third-order valence-corrected chi connectivity index (χ3v) is 3.68. The third kappa shape index (κ3) is 2.25. The van der Waals surface area contributed by atoms with Gasteiger partial charge in [-0.2, -0.15) is 0 Å². The molecule has 0 radical (unpaired) electrons. The van der Waals surface area contributed by atoms with Gasteiger partial charge in [0.1, 0.15) is 25.1 Å². The van der Waals surface area contributed by atoms with Crippen molar-refractivity contribution in [3.8, 4) is 11.5 Å². The van der Waals surface area contributed by atoms with Crippen LogP contribution in [0.2, 0.25) is 5.02 Å². The van der Waals surface area contributed by atoms with Gasteiger partial charge in [-0.3, -0.25) is 0 Å². The number of furan rings is 1. The zero-order valence-corrected chi connectivity index (χ0v) is 11.8. The van der Waals surface area contributed by atoms with E-state index in [1.165, 1.54) is 0 Å². The van der Waals surface area contributed by atoms with Crippen LogP contribution in [0.3, 0.4) is 0 Å². The minimum absolute atomic E-state index is 0.449. The topological polar surface area (TPSA) is 51.8 Å². The fourth-order valence-electron chi connectivity index (χ4n) is 2.34. The summed E-state index contributed by atoms with van der Waals surface area (Å²) >= 11 is 6.24. The lowest BCUT2D eigenvalue weighted by Gasteiger charge is -2.21. The Morgan fingerprint density at radius 2 is 1.90 bits per heavy atom. The minimum Gasteiger partial charge on any atom is -0.486 e. The van der Waals surface area contributed by atoms with Crippen LogP contribution in [0.4, 0.5) is 0 Å². The molecule has 0 bridgehead atoms. The largest absolute Gasteiger partial charge is 0.486 e. The van der Waals surface area contributed by atoms with E-state index < -0.39 is 6.10 Å². The molecular weight excluding hydrogens is 280 g/mol. The van der Waals surface area contributed by atoms with Crippen molar-refractivity contribution >= 4 is 11.6 Å². The predicted octanol–water partition coefficient (Wildman–Crippen LogP) is 3.35. The molecule has 4 nitrogen and oxygen atoms in total. The monoisotopic (exact) mass is 294 g/mol. The molecule has 0 saturated carbocycles. The molecule has 1 unspecified atom stereocenters. The molecule has 2 heterocycles. The number of hydrogen-bond acceptors (Lipinski definition) is 4. The Bertz CT molecular complexity index is 620. The van der Waals surface area contributed by atoms with Crippen LogP contribution in [-0.2, 0) is 6.42 Å². The van der Waals surface area contributed by atoms with Crippen LogP contribution in [-0.4, -0.2) is 18.3 Å². The normalized spacial score (nSPS) is 15.2. The Morgan fingerprint density at radius 3 is 2.60 bits per heavy atom. The summed E-state index contributed by atoms with van der Waals surface area (Å²) in [7, 11) is 0. The van der Waals surface area contributed by atoms with Gasteiger partial charge in [0.15, 0.2) is 11.5 Å². The number of ether oxygens (including phenoxy) is 2. The maximum absolute atomic E-state index is 10.5. The van der Waals surface area contributed by atoms with Gasteiger partial charge in [0.05, 0.1) is 11.3 Å². The van der Waals surface area contributed by atoms with Crippen LogP contribution in [0.15, 0.2) is 28.9 Å². The second-order valence-electron chi connectivity index (χ2n) is 4.57. The summed E-state index contributed by atoms with van der Waals surface area (Å²) in [6.45, 7) is 2.98. The number of aliphatic hydroxyl groups excluding tert-OH is 1. The van der Waals surface area contributed by atoms with Gasteiger partial charge >= 0.3 is 0 Å². The van der Waals surface area contributed by atoms with Crippen LogP contribution >= 0.6 is 11.6 Å². The molecule has 1 N–H and O–H groups in total. The Morgan fingerprint density at radius 1 is 1.20 bits per heavy atom. The number of halogens is 1. The molecule has 5 heteroatoms. The summed E-state index contributed by atoms with van der Waals surface area (Å²) in [6, 6.07) is 5.17. The van der Waals surface area contributed by atoms with E-state index >= 15 is 0 Å². The van der Waals surface area contributed by atoms with Gasteiger partial charge in [-0.1, -0.05) is 18.5 Å². The molecule has 0 spiro atoms. The van der Waals surface area contributed by atoms with Gasteiger partial charge in [0.2, 0.25) is 0 Å². The molecule has 1 aromatic heterocycles. The van der Waals surface area contributed by atoms with E-state index in [1.807, 2.05) is 6.92 Å². The highest BCUT2D eigenvalue weighted by atomic mass is 35.5. The van der Waals surface area contributed by atoms with Crippen LogP contribution in [0, 0.1) is 0 Å². The first-order chi connectivity index (χ1) is 9.70. The zero-order chi connectivity index (χ0) is 14.1. The molecule has 20 heavy (non-hydrogen) atoms. The SMILES string of the molecule is CCc1occc1C(O)c1cc2c(cc1Cl)OCCO2.